The molecule has 2 fully saturated rings. The molecule has 2 saturated carbocycles. The van der Waals surface area contributed by atoms with Crippen LogP contribution in [0.5, 0.6) is 0 Å². The van der Waals surface area contributed by atoms with Crippen molar-refractivity contribution in [1.29, 1.82) is 0 Å². The second kappa shape index (κ2) is 5.47. The quantitative estimate of drug-likeness (QED) is 0.859. The maximum Gasteiger partial charge on any atom is 0.0738 e. The molecule has 2 aliphatic carbocycles. The van der Waals surface area contributed by atoms with Gasteiger partial charge >= 0.3 is 0 Å². The van der Waals surface area contributed by atoms with Crippen molar-refractivity contribution in [3.63, 3.8) is 0 Å². The lowest BCUT2D eigenvalue weighted by Gasteiger charge is -2.25. The molecule has 1 aromatic heterocycles. The molecule has 3 heteroatoms. The van der Waals surface area contributed by atoms with Crippen LogP contribution in [0.4, 0.5) is 0 Å². The number of rotatable bonds is 6. The Labute approximate surface area is 124 Å². The van der Waals surface area contributed by atoms with E-state index in [1.807, 2.05) is 11.3 Å². The first-order chi connectivity index (χ1) is 9.90. The minimum atomic E-state index is 0.512. The molecule has 0 spiro atoms. The summed E-state index contributed by atoms with van der Waals surface area (Å²) in [6.45, 7) is 1.80. The molecule has 2 aliphatic rings. The Bertz CT molecular complexity index is 598. The van der Waals surface area contributed by atoms with Crippen molar-refractivity contribution in [3.05, 3.63) is 34.7 Å². The van der Waals surface area contributed by atoms with Gasteiger partial charge in [-0.25, -0.2) is 0 Å². The molecule has 0 radical (unpaired) electrons. The standard InChI is InChI=1S/C17H21NOS/c1-2-7-16-14(6-1)15(11-19-13-4-3-5-13)17(20-16)10-18-12-8-9-12/h1-2,6-7,12-13,18H,3-5,8-11H2. The molecule has 0 atom stereocenters. The summed E-state index contributed by atoms with van der Waals surface area (Å²) in [4.78, 5) is 1.47. The molecule has 1 N–H and O–H groups in total. The Morgan fingerprint density at radius 3 is 2.75 bits per heavy atom. The lowest BCUT2D eigenvalue weighted by atomic mass is 9.96. The smallest absolute Gasteiger partial charge is 0.0738 e. The number of benzene rings is 1. The average Bonchev–Trinajstić information content (AvgIpc) is 3.17. The van der Waals surface area contributed by atoms with Gasteiger partial charge < -0.3 is 10.1 Å². The molecule has 106 valence electrons. The first kappa shape index (κ1) is 12.8. The zero-order valence-corrected chi connectivity index (χ0v) is 12.5. The zero-order valence-electron chi connectivity index (χ0n) is 11.7. The maximum absolute atomic E-state index is 6.07. The van der Waals surface area contributed by atoms with E-state index >= 15 is 0 Å². The molecule has 20 heavy (non-hydrogen) atoms. The van der Waals surface area contributed by atoms with Gasteiger partial charge in [-0.15, -0.1) is 11.3 Å². The lowest BCUT2D eigenvalue weighted by molar-refractivity contribution is -0.00832. The van der Waals surface area contributed by atoms with Gasteiger partial charge in [0.1, 0.15) is 0 Å². The number of hydrogen-bond donors (Lipinski definition) is 1. The second-order valence-electron chi connectivity index (χ2n) is 6.02. The SMILES string of the molecule is c1ccc2c(COC3CCC3)c(CNC3CC3)sc2c1. The van der Waals surface area contributed by atoms with Crippen LogP contribution in [-0.4, -0.2) is 12.1 Å². The molecule has 2 aromatic rings. The highest BCUT2D eigenvalue weighted by atomic mass is 32.1. The van der Waals surface area contributed by atoms with Gasteiger partial charge in [-0.3, -0.25) is 0 Å². The third-order valence-electron chi connectivity index (χ3n) is 4.43. The van der Waals surface area contributed by atoms with Crippen LogP contribution >= 0.6 is 11.3 Å². The van der Waals surface area contributed by atoms with E-state index in [4.69, 9.17) is 4.74 Å². The molecule has 1 heterocycles. The van der Waals surface area contributed by atoms with Gasteiger partial charge in [-0.05, 0) is 43.6 Å². The predicted octanol–water partition coefficient (Wildman–Crippen LogP) is 4.22. The van der Waals surface area contributed by atoms with E-state index in [-0.39, 0.29) is 0 Å². The van der Waals surface area contributed by atoms with Crippen molar-refractivity contribution in [2.24, 2.45) is 0 Å². The van der Waals surface area contributed by atoms with Crippen LogP contribution in [0.15, 0.2) is 24.3 Å². The fourth-order valence-corrected chi connectivity index (χ4v) is 3.87. The highest BCUT2D eigenvalue weighted by molar-refractivity contribution is 7.19. The fourth-order valence-electron chi connectivity index (χ4n) is 2.71. The van der Waals surface area contributed by atoms with Crippen LogP contribution in [0.2, 0.25) is 0 Å². The Balaban J connectivity index is 1.56. The maximum atomic E-state index is 6.07. The molecule has 4 rings (SSSR count). The molecule has 1 aromatic carbocycles. The zero-order chi connectivity index (χ0) is 13.4. The van der Waals surface area contributed by atoms with Crippen molar-refractivity contribution in [2.45, 2.75) is 57.4 Å². The minimum absolute atomic E-state index is 0.512. The van der Waals surface area contributed by atoms with Crippen LogP contribution in [0.1, 0.15) is 42.5 Å². The summed E-state index contributed by atoms with van der Waals surface area (Å²) in [7, 11) is 0. The molecule has 0 unspecified atom stereocenters. The van der Waals surface area contributed by atoms with Gasteiger partial charge in [-0.1, -0.05) is 18.2 Å². The number of fused-ring (bicyclic) bond motifs is 1. The van der Waals surface area contributed by atoms with E-state index in [1.165, 1.54) is 52.6 Å². The van der Waals surface area contributed by atoms with E-state index in [0.29, 0.717) is 6.10 Å². The van der Waals surface area contributed by atoms with Crippen LogP contribution < -0.4 is 5.32 Å². The minimum Gasteiger partial charge on any atom is -0.373 e. The van der Waals surface area contributed by atoms with E-state index in [0.717, 1.165) is 19.2 Å². The molecule has 2 nitrogen and oxygen atoms in total. The summed E-state index contributed by atoms with van der Waals surface area (Å²) in [5.74, 6) is 0. The van der Waals surface area contributed by atoms with Gasteiger partial charge in [0.15, 0.2) is 0 Å². The first-order valence-electron chi connectivity index (χ1n) is 7.74. The molecule has 0 bridgehead atoms. The molecular weight excluding hydrogens is 266 g/mol. The van der Waals surface area contributed by atoms with Crippen LogP contribution in [0.3, 0.4) is 0 Å². The highest BCUT2D eigenvalue weighted by Crippen LogP contribution is 2.34. The van der Waals surface area contributed by atoms with E-state index < -0.39 is 0 Å². The fraction of sp³-hybridized carbons (Fsp3) is 0.529. The average molecular weight is 287 g/mol. The summed E-state index contributed by atoms with van der Waals surface area (Å²) in [6.07, 6.45) is 7.04. The van der Waals surface area contributed by atoms with Gasteiger partial charge in [-0.2, -0.15) is 0 Å². The van der Waals surface area contributed by atoms with Crippen molar-refractivity contribution >= 4 is 21.4 Å². The van der Waals surface area contributed by atoms with E-state index in [9.17, 15) is 0 Å². The highest BCUT2D eigenvalue weighted by Gasteiger charge is 2.23. The van der Waals surface area contributed by atoms with Crippen LogP contribution in [0, 0.1) is 0 Å². The van der Waals surface area contributed by atoms with Gasteiger partial charge in [0.25, 0.3) is 0 Å². The molecule has 0 aliphatic heterocycles. The third kappa shape index (κ3) is 2.62. The van der Waals surface area contributed by atoms with Crippen molar-refractivity contribution in [1.82, 2.24) is 5.32 Å². The second-order valence-corrected chi connectivity index (χ2v) is 7.16. The third-order valence-corrected chi connectivity index (χ3v) is 5.64. The topological polar surface area (TPSA) is 21.3 Å². The van der Waals surface area contributed by atoms with Gasteiger partial charge in [0, 0.05) is 27.7 Å². The largest absolute Gasteiger partial charge is 0.373 e. The Morgan fingerprint density at radius 2 is 2.00 bits per heavy atom. The normalized spacial score (nSPS) is 19.4. The summed E-state index contributed by atoms with van der Waals surface area (Å²) in [5, 5.41) is 5.04. The number of hydrogen-bond acceptors (Lipinski definition) is 3. The van der Waals surface area contributed by atoms with Gasteiger partial charge in [0.05, 0.1) is 12.7 Å². The number of thiophene rings is 1. The van der Waals surface area contributed by atoms with Crippen LogP contribution in [-0.2, 0) is 17.9 Å². The predicted molar refractivity (Wildman–Crippen MR) is 84.1 cm³/mol. The van der Waals surface area contributed by atoms with E-state index in [1.54, 1.807) is 0 Å². The Hall–Kier alpha value is -0.900. The number of ether oxygens (including phenoxy) is 1. The summed E-state index contributed by atoms with van der Waals surface area (Å²) in [6, 6.07) is 9.51. The monoisotopic (exact) mass is 287 g/mol. The van der Waals surface area contributed by atoms with E-state index in [2.05, 4.69) is 29.6 Å². The summed E-state index contributed by atoms with van der Waals surface area (Å²) in [5.41, 5.74) is 1.42. The summed E-state index contributed by atoms with van der Waals surface area (Å²) >= 11 is 1.93. The Kier molecular flexibility index (Phi) is 3.51. The summed E-state index contributed by atoms with van der Waals surface area (Å²) < 4.78 is 7.47. The van der Waals surface area contributed by atoms with Crippen molar-refractivity contribution in [3.8, 4) is 0 Å². The molecule has 0 amide bonds. The first-order valence-corrected chi connectivity index (χ1v) is 8.56. The van der Waals surface area contributed by atoms with Crippen molar-refractivity contribution in [2.75, 3.05) is 0 Å². The van der Waals surface area contributed by atoms with Crippen LogP contribution in [0.25, 0.3) is 10.1 Å². The molecule has 0 saturated heterocycles. The van der Waals surface area contributed by atoms with Gasteiger partial charge in [0.2, 0.25) is 0 Å². The number of nitrogens with one attached hydrogen (secondary N) is 1. The van der Waals surface area contributed by atoms with Crippen molar-refractivity contribution < 1.29 is 4.74 Å². The Morgan fingerprint density at radius 1 is 1.15 bits per heavy atom. The molecular formula is C17H21NOS. The lowest BCUT2D eigenvalue weighted by Crippen LogP contribution is -2.21.